The molecule has 0 saturated heterocycles. The number of hydrogen-bond donors (Lipinski definition) is 1. The summed E-state index contributed by atoms with van der Waals surface area (Å²) in [5.74, 6) is 1.05. The monoisotopic (exact) mass is 430 g/mol. The molecule has 0 bridgehead atoms. The first-order valence-corrected chi connectivity index (χ1v) is 10.8. The number of rotatable bonds is 3. The average molecular weight is 431 g/mol. The molecule has 6 atom stereocenters. The minimum Gasteiger partial charge on any atom is -0.395 e. The predicted octanol–water partition coefficient (Wildman–Crippen LogP) is 5.11. The van der Waals surface area contributed by atoms with Crippen LogP contribution in [0.15, 0.2) is 16.8 Å². The normalized spacial score (nSPS) is 42.6. The number of Topliss-reactive ketones (excluding diaryl/α,β-unsaturated/α-hetero) is 1. The second kappa shape index (κ2) is 8.26. The highest BCUT2D eigenvalue weighted by Gasteiger charge is 2.61. The zero-order valence-electron chi connectivity index (χ0n) is 17.4. The van der Waals surface area contributed by atoms with Gasteiger partial charge in [-0.1, -0.05) is 19.0 Å². The minimum atomic E-state index is -1.52. The molecular formula is C22H33ClF2N2O2. The van der Waals surface area contributed by atoms with Gasteiger partial charge < -0.3 is 10.6 Å². The van der Waals surface area contributed by atoms with Crippen LogP contribution in [0.2, 0.25) is 0 Å². The van der Waals surface area contributed by atoms with Gasteiger partial charge in [-0.2, -0.15) is 8.78 Å². The number of fused-ring (bicyclic) bond motifs is 5. The number of halogens is 3. The Kier molecular flexibility index (Phi) is 6.45. The molecule has 29 heavy (non-hydrogen) atoms. The van der Waals surface area contributed by atoms with Crippen molar-refractivity contribution in [3.05, 3.63) is 11.7 Å². The molecule has 0 aromatic rings. The number of nitrogens with zero attached hydrogens (tertiary/aromatic N) is 1. The molecule has 7 heteroatoms. The van der Waals surface area contributed by atoms with Gasteiger partial charge in [0.25, 0.3) is 6.08 Å². The zero-order chi connectivity index (χ0) is 20.1. The van der Waals surface area contributed by atoms with Crippen LogP contribution in [-0.2, 0) is 9.63 Å². The number of ketones is 1. The van der Waals surface area contributed by atoms with Crippen LogP contribution in [0.4, 0.5) is 8.78 Å². The summed E-state index contributed by atoms with van der Waals surface area (Å²) in [7, 11) is 0. The van der Waals surface area contributed by atoms with Crippen molar-refractivity contribution in [3.8, 4) is 0 Å². The third kappa shape index (κ3) is 3.54. The third-order valence-corrected chi connectivity index (χ3v) is 8.70. The summed E-state index contributed by atoms with van der Waals surface area (Å²) in [6.45, 7) is 5.05. The van der Waals surface area contributed by atoms with E-state index in [9.17, 15) is 13.6 Å². The van der Waals surface area contributed by atoms with E-state index in [1.54, 1.807) is 0 Å². The number of nitrogens with two attached hydrogens (primary N) is 1. The van der Waals surface area contributed by atoms with Gasteiger partial charge in [0, 0.05) is 18.4 Å². The van der Waals surface area contributed by atoms with E-state index in [4.69, 9.17) is 10.6 Å². The van der Waals surface area contributed by atoms with E-state index in [-0.39, 0.29) is 41.0 Å². The second-order valence-corrected chi connectivity index (χ2v) is 9.83. The van der Waals surface area contributed by atoms with Gasteiger partial charge in [0.2, 0.25) is 0 Å². The third-order valence-electron chi connectivity index (χ3n) is 8.70. The molecule has 0 aliphatic heterocycles. The maximum Gasteiger partial charge on any atom is 0.269 e. The molecule has 0 aromatic carbocycles. The van der Waals surface area contributed by atoms with Crippen LogP contribution < -0.4 is 5.73 Å². The van der Waals surface area contributed by atoms with E-state index in [0.717, 1.165) is 37.8 Å². The van der Waals surface area contributed by atoms with Crippen LogP contribution >= 0.6 is 12.4 Å². The summed E-state index contributed by atoms with van der Waals surface area (Å²) < 4.78 is 28.2. The lowest BCUT2D eigenvalue weighted by Gasteiger charge is -2.59. The minimum absolute atomic E-state index is 0. The van der Waals surface area contributed by atoms with E-state index in [1.165, 1.54) is 0 Å². The fourth-order valence-corrected chi connectivity index (χ4v) is 7.16. The van der Waals surface area contributed by atoms with Crippen molar-refractivity contribution < 1.29 is 18.4 Å². The van der Waals surface area contributed by atoms with Crippen LogP contribution in [0, 0.1) is 34.5 Å². The first kappa shape index (κ1) is 22.7. The van der Waals surface area contributed by atoms with E-state index in [1.807, 2.05) is 0 Å². The van der Waals surface area contributed by atoms with Crippen molar-refractivity contribution in [1.82, 2.24) is 0 Å². The maximum atomic E-state index is 14.1. The highest BCUT2D eigenvalue weighted by molar-refractivity contribution is 5.87. The molecular weight excluding hydrogens is 398 g/mol. The predicted molar refractivity (Wildman–Crippen MR) is 111 cm³/mol. The Bertz CT molecular complexity index is 724. The lowest BCUT2D eigenvalue weighted by molar-refractivity contribution is -0.134. The molecule has 4 fully saturated rings. The van der Waals surface area contributed by atoms with Gasteiger partial charge in [0.15, 0.2) is 0 Å². The lowest BCUT2D eigenvalue weighted by Crippen LogP contribution is -2.54. The van der Waals surface area contributed by atoms with Gasteiger partial charge in [0.05, 0.1) is 5.71 Å². The molecule has 0 radical (unpaired) electrons. The molecule has 1 unspecified atom stereocenters. The molecule has 4 rings (SSSR count). The van der Waals surface area contributed by atoms with Crippen LogP contribution in [0.3, 0.4) is 0 Å². The van der Waals surface area contributed by atoms with E-state index < -0.39 is 6.08 Å². The Labute approximate surface area is 178 Å². The molecule has 0 amide bonds. The van der Waals surface area contributed by atoms with Crippen molar-refractivity contribution in [3.63, 3.8) is 0 Å². The molecule has 4 aliphatic rings. The topological polar surface area (TPSA) is 64.7 Å². The molecule has 0 spiro atoms. The lowest BCUT2D eigenvalue weighted by atomic mass is 9.44. The van der Waals surface area contributed by atoms with Crippen molar-refractivity contribution in [2.45, 2.75) is 65.2 Å². The van der Waals surface area contributed by atoms with E-state index in [2.05, 4.69) is 19.0 Å². The fourth-order valence-electron chi connectivity index (χ4n) is 7.16. The first-order valence-electron chi connectivity index (χ1n) is 10.8. The fraction of sp³-hybridized carbons (Fsp3) is 0.818. The number of carbonyl (C=O) groups is 1. The van der Waals surface area contributed by atoms with Gasteiger partial charge in [-0.25, -0.2) is 0 Å². The van der Waals surface area contributed by atoms with Gasteiger partial charge in [-0.15, -0.1) is 12.4 Å². The zero-order valence-corrected chi connectivity index (χ0v) is 18.2. The summed E-state index contributed by atoms with van der Waals surface area (Å²) in [6.07, 6.45) is 4.52. The highest BCUT2D eigenvalue weighted by atomic mass is 35.5. The Morgan fingerprint density at radius 3 is 2.62 bits per heavy atom. The second-order valence-electron chi connectivity index (χ2n) is 9.83. The Balaban J connectivity index is 0.00000240. The quantitative estimate of drug-likeness (QED) is 0.499. The standard InChI is InChI=1S/C22H32F2N2O2.ClH/c1-21-7-5-13(26-28-10-9-25)11-18(21)15(20(23)24)12-14-16-3-4-19(27)22(16,2)8-6-17(14)21;/h14,16-18H,3-12,25H2,1-2H3;1H/b26-13-;/t14-,16-,17-,18?,21+,22-;/m0./s1. The Hall–Kier alpha value is -1.01. The SMILES string of the molecule is C[C@]12CC/C(=N/OCCN)CC1C(=C(F)F)C[C@@H]1[C@@H]2CC[C@]2(C)C(=O)CC[C@@H]12.Cl. The molecule has 4 saturated carbocycles. The van der Waals surface area contributed by atoms with Crippen LogP contribution in [0.25, 0.3) is 0 Å². The first-order chi connectivity index (χ1) is 13.3. The molecule has 0 aromatic heterocycles. The molecule has 164 valence electrons. The molecule has 2 N–H and O–H groups in total. The molecule has 4 aliphatic carbocycles. The molecule has 0 heterocycles. The van der Waals surface area contributed by atoms with Gasteiger partial charge in [0.1, 0.15) is 12.4 Å². The van der Waals surface area contributed by atoms with Crippen LogP contribution in [0.5, 0.6) is 0 Å². The Morgan fingerprint density at radius 1 is 1.17 bits per heavy atom. The summed E-state index contributed by atoms with van der Waals surface area (Å²) in [5.41, 5.74) is 6.20. The smallest absolute Gasteiger partial charge is 0.269 e. The number of allylic oxidation sites excluding steroid dienone is 1. The van der Waals surface area contributed by atoms with Gasteiger partial charge in [-0.05, 0) is 79.6 Å². The van der Waals surface area contributed by atoms with E-state index >= 15 is 0 Å². The summed E-state index contributed by atoms with van der Waals surface area (Å²) >= 11 is 0. The van der Waals surface area contributed by atoms with Crippen LogP contribution in [0.1, 0.15) is 65.2 Å². The average Bonchev–Trinajstić information content (AvgIpc) is 2.96. The summed E-state index contributed by atoms with van der Waals surface area (Å²) in [6, 6.07) is 0. The number of hydrogen-bond acceptors (Lipinski definition) is 4. The van der Waals surface area contributed by atoms with Crippen molar-refractivity contribution >= 4 is 23.9 Å². The largest absolute Gasteiger partial charge is 0.395 e. The summed E-state index contributed by atoms with van der Waals surface area (Å²) in [5, 5.41) is 4.19. The Morgan fingerprint density at radius 2 is 1.93 bits per heavy atom. The summed E-state index contributed by atoms with van der Waals surface area (Å²) in [4.78, 5) is 17.8. The number of oxime groups is 1. The number of carbonyl (C=O) groups excluding carboxylic acids is 1. The van der Waals surface area contributed by atoms with Crippen molar-refractivity contribution in [2.24, 2.45) is 45.4 Å². The van der Waals surface area contributed by atoms with Gasteiger partial charge in [-0.3, -0.25) is 4.79 Å². The van der Waals surface area contributed by atoms with Crippen LogP contribution in [-0.4, -0.2) is 24.6 Å². The highest BCUT2D eigenvalue weighted by Crippen LogP contribution is 2.66. The van der Waals surface area contributed by atoms with Crippen molar-refractivity contribution in [2.75, 3.05) is 13.2 Å². The maximum absolute atomic E-state index is 14.1. The van der Waals surface area contributed by atoms with Crippen molar-refractivity contribution in [1.29, 1.82) is 0 Å². The van der Waals surface area contributed by atoms with E-state index in [0.29, 0.717) is 49.7 Å². The molecule has 4 nitrogen and oxygen atoms in total. The van der Waals surface area contributed by atoms with Gasteiger partial charge >= 0.3 is 0 Å².